The van der Waals surface area contributed by atoms with Gasteiger partial charge >= 0.3 is 0 Å². The largest absolute Gasteiger partial charge is 0.306 e. The number of hydrogen-bond donors (Lipinski definition) is 1. The van der Waals surface area contributed by atoms with E-state index in [0.29, 0.717) is 18.7 Å². The van der Waals surface area contributed by atoms with Crippen molar-refractivity contribution in [3.05, 3.63) is 108 Å². The van der Waals surface area contributed by atoms with Gasteiger partial charge in [-0.05, 0) is 41.5 Å². The van der Waals surface area contributed by atoms with Crippen molar-refractivity contribution < 1.29 is 14.4 Å². The smallest absolute Gasteiger partial charge is 0.253 e. The molecule has 4 aromatic carbocycles. The lowest BCUT2D eigenvalue weighted by atomic mass is 9.76. The third kappa shape index (κ3) is 3.50. The van der Waals surface area contributed by atoms with Gasteiger partial charge in [-0.25, -0.2) is 4.90 Å². The number of rotatable bonds is 6. The van der Waals surface area contributed by atoms with Gasteiger partial charge in [0.15, 0.2) is 0 Å². The number of thioether (sulfide) groups is 1. The number of carbonyl (C=O) groups excluding carboxylic acids is 3. The second-order valence-corrected chi connectivity index (χ2v) is 11.7. The summed E-state index contributed by atoms with van der Waals surface area (Å²) in [5, 5.41) is 5.43. The summed E-state index contributed by atoms with van der Waals surface area (Å²) in [4.78, 5) is 46.6. The lowest BCUT2D eigenvalue weighted by Gasteiger charge is -2.31. The topological polar surface area (TPSA) is 69.7 Å². The van der Waals surface area contributed by atoms with Crippen LogP contribution in [0.25, 0.3) is 10.8 Å². The minimum absolute atomic E-state index is 0.167. The molecule has 4 aromatic rings. The molecule has 3 aliphatic heterocycles. The minimum atomic E-state index is -1.30. The van der Waals surface area contributed by atoms with Crippen LogP contribution in [0.1, 0.15) is 17.5 Å². The molecule has 2 fully saturated rings. The Morgan fingerprint density at radius 3 is 2.33 bits per heavy atom. The van der Waals surface area contributed by atoms with Crippen molar-refractivity contribution in [1.29, 1.82) is 0 Å². The van der Waals surface area contributed by atoms with E-state index in [1.807, 2.05) is 103 Å². The molecule has 3 heterocycles. The predicted molar refractivity (Wildman–Crippen MR) is 159 cm³/mol. The van der Waals surface area contributed by atoms with Crippen LogP contribution < -0.4 is 15.1 Å². The number of imide groups is 1. The zero-order valence-electron chi connectivity index (χ0n) is 22.1. The Hall–Kier alpha value is -3.94. The standard InChI is InChI=1S/C33H29N3O3S/c1-40-19-18-25-28-29(31(38)36(30(28)37)26-17-9-13-22-12-5-6-14-23(22)26)33(34-25)24-15-7-8-16-27(24)35(32(33)39)20-21-10-3-2-4-11-21/h2-17,25,28-29,34H,18-20H2,1H3/t25-,28+,29+,33-/m0/s1. The summed E-state index contributed by atoms with van der Waals surface area (Å²) >= 11 is 1.70. The van der Waals surface area contributed by atoms with Gasteiger partial charge in [-0.3, -0.25) is 19.7 Å². The molecule has 1 spiro atoms. The molecule has 0 saturated carbocycles. The van der Waals surface area contributed by atoms with Crippen LogP contribution in [0.2, 0.25) is 0 Å². The average molecular weight is 548 g/mol. The van der Waals surface area contributed by atoms with Crippen LogP contribution in [0.15, 0.2) is 97.1 Å². The van der Waals surface area contributed by atoms with E-state index in [1.54, 1.807) is 16.7 Å². The Bertz CT molecular complexity index is 1650. The summed E-state index contributed by atoms with van der Waals surface area (Å²) in [6.07, 6.45) is 2.71. The highest BCUT2D eigenvalue weighted by Crippen LogP contribution is 2.56. The van der Waals surface area contributed by atoms with Gasteiger partial charge in [0.25, 0.3) is 5.91 Å². The van der Waals surface area contributed by atoms with E-state index < -0.39 is 17.4 Å². The zero-order chi connectivity index (χ0) is 27.4. The predicted octanol–water partition coefficient (Wildman–Crippen LogP) is 5.11. The van der Waals surface area contributed by atoms with Crippen LogP contribution in [0.4, 0.5) is 11.4 Å². The third-order valence-electron chi connectivity index (χ3n) is 8.69. The van der Waals surface area contributed by atoms with Gasteiger partial charge in [-0.1, -0.05) is 84.9 Å². The van der Waals surface area contributed by atoms with Gasteiger partial charge in [-0.2, -0.15) is 11.8 Å². The molecule has 2 saturated heterocycles. The summed E-state index contributed by atoms with van der Waals surface area (Å²) in [5.41, 5.74) is 1.85. The monoisotopic (exact) mass is 547 g/mol. The number of hydrogen-bond acceptors (Lipinski definition) is 5. The summed E-state index contributed by atoms with van der Waals surface area (Å²) in [5.74, 6) is -1.35. The molecule has 0 aliphatic carbocycles. The molecule has 0 radical (unpaired) electrons. The summed E-state index contributed by atoms with van der Waals surface area (Å²) in [6, 6.07) is 30.8. The third-order valence-corrected chi connectivity index (χ3v) is 9.33. The minimum Gasteiger partial charge on any atom is -0.306 e. The van der Waals surface area contributed by atoms with Crippen LogP contribution in [0.3, 0.4) is 0 Å². The Labute approximate surface area is 237 Å². The number of nitrogens with one attached hydrogen (secondary N) is 1. The van der Waals surface area contributed by atoms with E-state index in [4.69, 9.17) is 0 Å². The maximum absolute atomic E-state index is 14.6. The van der Waals surface area contributed by atoms with Crippen molar-refractivity contribution in [2.24, 2.45) is 11.8 Å². The number of nitrogens with zero attached hydrogens (tertiary/aromatic N) is 2. The first kappa shape index (κ1) is 25.1. The van der Waals surface area contributed by atoms with Crippen molar-refractivity contribution in [2.75, 3.05) is 21.8 Å². The number of fused-ring (bicyclic) bond motifs is 5. The Balaban J connectivity index is 1.38. The second-order valence-electron chi connectivity index (χ2n) is 10.7. The summed E-state index contributed by atoms with van der Waals surface area (Å²) < 4.78 is 0. The van der Waals surface area contributed by atoms with E-state index in [-0.39, 0.29) is 23.8 Å². The van der Waals surface area contributed by atoms with E-state index >= 15 is 0 Å². The van der Waals surface area contributed by atoms with E-state index in [0.717, 1.165) is 33.3 Å². The van der Waals surface area contributed by atoms with Crippen molar-refractivity contribution in [1.82, 2.24) is 5.32 Å². The first-order chi connectivity index (χ1) is 19.6. The summed E-state index contributed by atoms with van der Waals surface area (Å²) in [7, 11) is 0. The Morgan fingerprint density at radius 2 is 1.50 bits per heavy atom. The second kappa shape index (κ2) is 9.61. The molecule has 200 valence electrons. The number of amides is 3. The van der Waals surface area contributed by atoms with Gasteiger partial charge < -0.3 is 4.90 Å². The summed E-state index contributed by atoms with van der Waals surface area (Å²) in [6.45, 7) is 0.391. The number of anilines is 2. The van der Waals surface area contributed by atoms with Crippen LogP contribution in [0.5, 0.6) is 0 Å². The number of para-hydroxylation sites is 1. The number of carbonyl (C=O) groups is 3. The molecule has 7 rings (SSSR count). The van der Waals surface area contributed by atoms with E-state index in [2.05, 4.69) is 5.32 Å². The normalized spacial score (nSPS) is 25.3. The maximum atomic E-state index is 14.6. The lowest BCUT2D eigenvalue weighted by molar-refractivity contribution is -0.132. The molecule has 1 N–H and O–H groups in total. The molecular weight excluding hydrogens is 518 g/mol. The van der Waals surface area contributed by atoms with Crippen molar-refractivity contribution in [3.8, 4) is 0 Å². The molecule has 0 unspecified atom stereocenters. The Morgan fingerprint density at radius 1 is 0.800 bits per heavy atom. The van der Waals surface area contributed by atoms with Crippen LogP contribution in [0, 0.1) is 11.8 Å². The van der Waals surface area contributed by atoms with Crippen molar-refractivity contribution >= 4 is 51.6 Å². The lowest BCUT2D eigenvalue weighted by Crippen LogP contribution is -2.55. The fraction of sp³-hybridized carbons (Fsp3) is 0.242. The molecule has 0 aromatic heterocycles. The van der Waals surface area contributed by atoms with E-state index in [9.17, 15) is 14.4 Å². The van der Waals surface area contributed by atoms with Crippen molar-refractivity contribution in [2.45, 2.75) is 24.5 Å². The fourth-order valence-corrected chi connectivity index (χ4v) is 7.49. The molecule has 0 bridgehead atoms. The Kier molecular flexibility index (Phi) is 6.02. The molecule has 3 aliphatic rings. The van der Waals surface area contributed by atoms with Crippen LogP contribution in [-0.2, 0) is 26.5 Å². The highest BCUT2D eigenvalue weighted by Gasteiger charge is 2.71. The van der Waals surface area contributed by atoms with E-state index in [1.165, 1.54) is 4.90 Å². The highest BCUT2D eigenvalue weighted by molar-refractivity contribution is 7.98. The van der Waals surface area contributed by atoms with Crippen LogP contribution >= 0.6 is 11.8 Å². The molecule has 3 amide bonds. The molecule has 40 heavy (non-hydrogen) atoms. The molecular formula is C33H29N3O3S. The van der Waals surface area contributed by atoms with Crippen molar-refractivity contribution in [3.63, 3.8) is 0 Å². The van der Waals surface area contributed by atoms with Gasteiger partial charge in [0, 0.05) is 22.7 Å². The molecule has 6 nitrogen and oxygen atoms in total. The quantitative estimate of drug-likeness (QED) is 0.340. The molecule has 4 atom stereocenters. The zero-order valence-corrected chi connectivity index (χ0v) is 22.9. The van der Waals surface area contributed by atoms with Gasteiger partial charge in [0.05, 0.1) is 24.1 Å². The first-order valence-corrected chi connectivity index (χ1v) is 15.0. The fourth-order valence-electron chi connectivity index (χ4n) is 7.00. The van der Waals surface area contributed by atoms with Crippen LogP contribution in [-0.4, -0.2) is 35.8 Å². The van der Waals surface area contributed by atoms with Gasteiger partial charge in [-0.15, -0.1) is 0 Å². The first-order valence-electron chi connectivity index (χ1n) is 13.6. The SMILES string of the molecule is CSCC[C@@H]1N[C@]2(C(=O)N(Cc3ccccc3)c3ccccc32)[C@H]2C(=O)N(c3cccc4ccccc34)C(=O)[C@H]12. The highest BCUT2D eigenvalue weighted by atomic mass is 32.2. The molecule has 7 heteroatoms. The average Bonchev–Trinajstić information content (AvgIpc) is 3.55. The maximum Gasteiger partial charge on any atom is 0.253 e. The van der Waals surface area contributed by atoms with Gasteiger partial charge in [0.2, 0.25) is 11.8 Å². The number of benzene rings is 4. The van der Waals surface area contributed by atoms with Gasteiger partial charge in [0.1, 0.15) is 5.54 Å².